The molecule has 1 aromatic heterocycles. The molecule has 0 aromatic carbocycles. The fourth-order valence-corrected chi connectivity index (χ4v) is 1.34. The van der Waals surface area contributed by atoms with Crippen molar-refractivity contribution in [3.05, 3.63) is 23.2 Å². The van der Waals surface area contributed by atoms with Crippen LogP contribution in [-0.4, -0.2) is 36.7 Å². The van der Waals surface area contributed by atoms with E-state index in [-0.39, 0.29) is 31.4 Å². The zero-order valence-electron chi connectivity index (χ0n) is 9.78. The summed E-state index contributed by atoms with van der Waals surface area (Å²) in [6.07, 6.45) is 0. The van der Waals surface area contributed by atoms with Gasteiger partial charge in [-0.15, -0.1) is 0 Å². The minimum absolute atomic E-state index is 0.150. The number of hydrogen-bond donors (Lipinski definition) is 2. The van der Waals surface area contributed by atoms with Crippen LogP contribution in [-0.2, 0) is 9.53 Å². The first-order valence-corrected chi connectivity index (χ1v) is 5.15. The molecule has 1 amide bonds. The van der Waals surface area contributed by atoms with E-state index in [0.717, 1.165) is 5.56 Å². The van der Waals surface area contributed by atoms with E-state index in [1.807, 2.05) is 0 Å². The van der Waals surface area contributed by atoms with E-state index < -0.39 is 5.97 Å². The molecule has 94 valence electrons. The average Bonchev–Trinajstić information content (AvgIpc) is 2.56. The highest BCUT2D eigenvalue weighted by Crippen LogP contribution is 2.12. The lowest BCUT2D eigenvalue weighted by molar-refractivity contribution is -0.142. The van der Waals surface area contributed by atoms with Gasteiger partial charge in [-0.3, -0.25) is 4.79 Å². The maximum absolute atomic E-state index is 11.6. The number of furan rings is 1. The van der Waals surface area contributed by atoms with Crippen LogP contribution in [0.3, 0.4) is 0 Å². The second kappa shape index (κ2) is 6.05. The van der Waals surface area contributed by atoms with Gasteiger partial charge < -0.3 is 19.6 Å². The van der Waals surface area contributed by atoms with Crippen LogP contribution in [0.2, 0.25) is 0 Å². The molecule has 6 heteroatoms. The third-order valence-electron chi connectivity index (χ3n) is 2.00. The van der Waals surface area contributed by atoms with Gasteiger partial charge in [0.25, 0.3) is 5.91 Å². The van der Waals surface area contributed by atoms with Gasteiger partial charge in [0.15, 0.2) is 5.76 Å². The SMILES string of the molecule is Cc1cc(C)c(C(=O)NCCOCC(=O)O)o1. The second-order valence-corrected chi connectivity index (χ2v) is 3.57. The zero-order valence-corrected chi connectivity index (χ0v) is 9.78. The average molecular weight is 241 g/mol. The first-order valence-electron chi connectivity index (χ1n) is 5.15. The van der Waals surface area contributed by atoms with Gasteiger partial charge in [-0.1, -0.05) is 0 Å². The summed E-state index contributed by atoms with van der Waals surface area (Å²) >= 11 is 0. The normalized spacial score (nSPS) is 10.2. The molecule has 1 rings (SSSR count). The Morgan fingerprint density at radius 3 is 2.71 bits per heavy atom. The van der Waals surface area contributed by atoms with Crippen molar-refractivity contribution < 1.29 is 23.8 Å². The molecule has 0 aliphatic rings. The number of amides is 1. The summed E-state index contributed by atoms with van der Waals surface area (Å²) in [7, 11) is 0. The number of hydrogen-bond acceptors (Lipinski definition) is 4. The molecule has 0 atom stereocenters. The van der Waals surface area contributed by atoms with Crippen LogP contribution >= 0.6 is 0 Å². The summed E-state index contributed by atoms with van der Waals surface area (Å²) < 4.78 is 10.00. The first-order chi connectivity index (χ1) is 8.00. The van der Waals surface area contributed by atoms with Gasteiger partial charge in [0.2, 0.25) is 0 Å². The lowest BCUT2D eigenvalue weighted by atomic mass is 10.2. The fourth-order valence-electron chi connectivity index (χ4n) is 1.34. The molecule has 0 aliphatic carbocycles. The number of rotatable bonds is 6. The molecule has 0 saturated carbocycles. The highest BCUT2D eigenvalue weighted by molar-refractivity contribution is 5.92. The smallest absolute Gasteiger partial charge is 0.329 e. The van der Waals surface area contributed by atoms with E-state index in [1.165, 1.54) is 0 Å². The number of carbonyl (C=O) groups is 2. The van der Waals surface area contributed by atoms with Crippen LogP contribution in [0.5, 0.6) is 0 Å². The zero-order chi connectivity index (χ0) is 12.8. The van der Waals surface area contributed by atoms with Gasteiger partial charge in [-0.25, -0.2) is 4.79 Å². The van der Waals surface area contributed by atoms with Crippen LogP contribution in [0.4, 0.5) is 0 Å². The molecule has 2 N–H and O–H groups in total. The first kappa shape index (κ1) is 13.2. The lowest BCUT2D eigenvalue weighted by Gasteiger charge is -2.03. The Labute approximate surface area is 98.6 Å². The number of nitrogens with one attached hydrogen (secondary N) is 1. The molecule has 1 aromatic rings. The minimum Gasteiger partial charge on any atom is -0.480 e. The Bertz CT molecular complexity index is 410. The molecule has 0 fully saturated rings. The summed E-state index contributed by atoms with van der Waals surface area (Å²) in [4.78, 5) is 21.7. The standard InChI is InChI=1S/C11H15NO5/c1-7-5-8(2)17-10(7)11(15)12-3-4-16-6-9(13)14/h5H,3-4,6H2,1-2H3,(H,12,15)(H,13,14). The molecular weight excluding hydrogens is 226 g/mol. The number of aliphatic carboxylic acids is 1. The van der Waals surface area contributed by atoms with Crippen LogP contribution in [0, 0.1) is 13.8 Å². The molecule has 1 heterocycles. The summed E-state index contributed by atoms with van der Waals surface area (Å²) in [5, 5.41) is 10.9. The lowest BCUT2D eigenvalue weighted by Crippen LogP contribution is -2.28. The third-order valence-corrected chi connectivity index (χ3v) is 2.00. The van der Waals surface area contributed by atoms with E-state index in [2.05, 4.69) is 5.32 Å². The van der Waals surface area contributed by atoms with Crippen molar-refractivity contribution in [2.24, 2.45) is 0 Å². The molecule has 0 aliphatic heterocycles. The van der Waals surface area contributed by atoms with Gasteiger partial charge in [0.1, 0.15) is 12.4 Å². The Morgan fingerprint density at radius 1 is 1.47 bits per heavy atom. The Kier molecular flexibility index (Phi) is 4.71. The van der Waals surface area contributed by atoms with E-state index in [0.29, 0.717) is 5.76 Å². The van der Waals surface area contributed by atoms with Gasteiger partial charge in [-0.2, -0.15) is 0 Å². The Hall–Kier alpha value is -1.82. The highest BCUT2D eigenvalue weighted by atomic mass is 16.5. The minimum atomic E-state index is -1.03. The van der Waals surface area contributed by atoms with Crippen LogP contribution in [0.1, 0.15) is 21.9 Å². The van der Waals surface area contributed by atoms with Crippen molar-refractivity contribution in [2.75, 3.05) is 19.8 Å². The topological polar surface area (TPSA) is 88.8 Å². The second-order valence-electron chi connectivity index (χ2n) is 3.57. The van der Waals surface area contributed by atoms with Crippen molar-refractivity contribution in [3.63, 3.8) is 0 Å². The highest BCUT2D eigenvalue weighted by Gasteiger charge is 2.13. The Balaban J connectivity index is 2.30. The van der Waals surface area contributed by atoms with Crippen molar-refractivity contribution >= 4 is 11.9 Å². The largest absolute Gasteiger partial charge is 0.480 e. The third kappa shape index (κ3) is 4.28. The number of carboxylic acid groups (broad SMARTS) is 1. The molecule has 6 nitrogen and oxygen atoms in total. The number of aryl methyl sites for hydroxylation is 2. The summed E-state index contributed by atoms with van der Waals surface area (Å²) in [6, 6.07) is 1.77. The molecule has 0 bridgehead atoms. The summed E-state index contributed by atoms with van der Waals surface area (Å²) in [5.41, 5.74) is 0.770. The molecule has 0 radical (unpaired) electrons. The monoisotopic (exact) mass is 241 g/mol. The van der Waals surface area contributed by atoms with Crippen LogP contribution < -0.4 is 5.32 Å². The van der Waals surface area contributed by atoms with E-state index >= 15 is 0 Å². The van der Waals surface area contributed by atoms with Crippen LogP contribution in [0.15, 0.2) is 10.5 Å². The summed E-state index contributed by atoms with van der Waals surface area (Å²) in [5.74, 6) is -0.404. The molecule has 17 heavy (non-hydrogen) atoms. The number of carbonyl (C=O) groups excluding carboxylic acids is 1. The number of ether oxygens (including phenoxy) is 1. The summed E-state index contributed by atoms with van der Waals surface area (Å²) in [6.45, 7) is 3.57. The predicted molar refractivity (Wildman–Crippen MR) is 59.0 cm³/mol. The quantitative estimate of drug-likeness (QED) is 0.716. The number of carboxylic acids is 1. The van der Waals surface area contributed by atoms with E-state index in [4.69, 9.17) is 14.3 Å². The fraction of sp³-hybridized carbons (Fsp3) is 0.455. The predicted octanol–water partition coefficient (Wildman–Crippen LogP) is 0.727. The maximum Gasteiger partial charge on any atom is 0.329 e. The molecule has 0 spiro atoms. The molecule has 0 unspecified atom stereocenters. The van der Waals surface area contributed by atoms with Crippen molar-refractivity contribution in [3.8, 4) is 0 Å². The van der Waals surface area contributed by atoms with Crippen molar-refractivity contribution in [1.29, 1.82) is 0 Å². The Morgan fingerprint density at radius 2 is 2.18 bits per heavy atom. The molecule has 0 saturated heterocycles. The van der Waals surface area contributed by atoms with E-state index in [1.54, 1.807) is 19.9 Å². The molecular formula is C11H15NO5. The van der Waals surface area contributed by atoms with Crippen molar-refractivity contribution in [1.82, 2.24) is 5.32 Å². The van der Waals surface area contributed by atoms with Crippen molar-refractivity contribution in [2.45, 2.75) is 13.8 Å². The van der Waals surface area contributed by atoms with Gasteiger partial charge in [0.05, 0.1) is 6.61 Å². The van der Waals surface area contributed by atoms with Crippen LogP contribution in [0.25, 0.3) is 0 Å². The maximum atomic E-state index is 11.6. The van der Waals surface area contributed by atoms with Gasteiger partial charge in [-0.05, 0) is 19.9 Å². The van der Waals surface area contributed by atoms with Gasteiger partial charge >= 0.3 is 5.97 Å². The van der Waals surface area contributed by atoms with Gasteiger partial charge in [0, 0.05) is 12.1 Å². The van der Waals surface area contributed by atoms with E-state index in [9.17, 15) is 9.59 Å².